The second kappa shape index (κ2) is 26.9. The van der Waals surface area contributed by atoms with Gasteiger partial charge in [-0.3, -0.25) is 0 Å². The zero-order chi connectivity index (χ0) is 33.8. The van der Waals surface area contributed by atoms with E-state index in [1.807, 2.05) is 50.2 Å². The van der Waals surface area contributed by atoms with Crippen LogP contribution >= 0.6 is 0 Å². The van der Waals surface area contributed by atoms with Gasteiger partial charge in [0.25, 0.3) is 0 Å². The molecule has 0 fully saturated rings. The monoisotopic (exact) mass is 648 g/mol. The summed E-state index contributed by atoms with van der Waals surface area (Å²) in [5, 5.41) is 0. The lowest BCUT2D eigenvalue weighted by Crippen LogP contribution is -2.26. The van der Waals surface area contributed by atoms with Gasteiger partial charge in [0.15, 0.2) is 0 Å². The third kappa shape index (κ3) is 20.7. The molecule has 0 radical (unpaired) electrons. The van der Waals surface area contributed by atoms with Crippen molar-refractivity contribution >= 4 is 11.9 Å². The van der Waals surface area contributed by atoms with E-state index < -0.39 is 6.29 Å². The summed E-state index contributed by atoms with van der Waals surface area (Å²) in [5.41, 5.74) is 1.14. The molecule has 2 aromatic rings. The summed E-state index contributed by atoms with van der Waals surface area (Å²) in [4.78, 5) is 24.3. The molecule has 0 heterocycles. The fourth-order valence-corrected chi connectivity index (χ4v) is 5.23. The van der Waals surface area contributed by atoms with E-state index in [0.717, 1.165) is 51.4 Å². The summed E-state index contributed by atoms with van der Waals surface area (Å²) in [6.45, 7) is 7.12. The lowest BCUT2D eigenvalue weighted by molar-refractivity contribution is -0.157. The Morgan fingerprint density at radius 2 is 1.00 bits per heavy atom. The van der Waals surface area contributed by atoms with Gasteiger partial charge < -0.3 is 18.9 Å². The van der Waals surface area contributed by atoms with E-state index in [9.17, 15) is 9.59 Å². The van der Waals surface area contributed by atoms with Gasteiger partial charge in [0, 0.05) is 6.42 Å². The molecule has 0 bridgehead atoms. The highest BCUT2D eigenvalue weighted by Gasteiger charge is 2.16. The van der Waals surface area contributed by atoms with Crippen LogP contribution in [0.1, 0.15) is 151 Å². The van der Waals surface area contributed by atoms with Crippen molar-refractivity contribution in [3.8, 4) is 11.8 Å². The minimum atomic E-state index is -0.588. The van der Waals surface area contributed by atoms with Gasteiger partial charge in [-0.2, -0.15) is 0 Å². The molecule has 47 heavy (non-hydrogen) atoms. The van der Waals surface area contributed by atoms with Gasteiger partial charge >= 0.3 is 11.9 Å². The highest BCUT2D eigenvalue weighted by molar-refractivity contribution is 5.89. The second-order valence-corrected chi connectivity index (χ2v) is 12.5. The molecule has 0 saturated carbocycles. The molecule has 0 saturated heterocycles. The molecule has 0 aliphatic rings. The van der Waals surface area contributed by atoms with E-state index in [1.165, 1.54) is 57.8 Å². The first-order valence-electron chi connectivity index (χ1n) is 18.2. The Bertz CT molecular complexity index is 1050. The van der Waals surface area contributed by atoms with Crippen LogP contribution in [-0.4, -0.2) is 43.7 Å². The van der Waals surface area contributed by atoms with Crippen LogP contribution in [0.2, 0.25) is 0 Å². The fraction of sp³-hybridized carbons (Fsp3) is 0.610. The Morgan fingerprint density at radius 1 is 0.574 bits per heavy atom. The third-order valence-corrected chi connectivity index (χ3v) is 8.08. The van der Waals surface area contributed by atoms with Crippen LogP contribution < -0.4 is 0 Å². The first-order valence-corrected chi connectivity index (χ1v) is 18.2. The van der Waals surface area contributed by atoms with E-state index in [-0.39, 0.29) is 24.1 Å². The van der Waals surface area contributed by atoms with E-state index in [2.05, 4.69) is 18.8 Å². The number of rotatable bonds is 26. The van der Waals surface area contributed by atoms with Crippen molar-refractivity contribution in [1.29, 1.82) is 0 Å². The van der Waals surface area contributed by atoms with E-state index >= 15 is 0 Å². The minimum Gasteiger partial charge on any atom is -0.462 e. The molecule has 2 aromatic carbocycles. The van der Waals surface area contributed by atoms with Gasteiger partial charge in [-0.25, -0.2) is 9.59 Å². The molecule has 0 aliphatic carbocycles. The quantitative estimate of drug-likeness (QED) is 0.0437. The highest BCUT2D eigenvalue weighted by atomic mass is 16.7. The van der Waals surface area contributed by atoms with Crippen molar-refractivity contribution in [2.24, 2.45) is 0 Å². The Labute approximate surface area is 285 Å². The van der Waals surface area contributed by atoms with Gasteiger partial charge in [0.2, 0.25) is 6.29 Å². The van der Waals surface area contributed by atoms with Crippen LogP contribution in [0.3, 0.4) is 0 Å². The zero-order valence-corrected chi connectivity index (χ0v) is 29.4. The van der Waals surface area contributed by atoms with Crippen molar-refractivity contribution in [3.05, 3.63) is 71.8 Å². The molecule has 0 spiro atoms. The summed E-state index contributed by atoms with van der Waals surface area (Å²) < 4.78 is 23.3. The average Bonchev–Trinajstić information content (AvgIpc) is 3.09. The van der Waals surface area contributed by atoms with Crippen LogP contribution in [0, 0.1) is 11.8 Å². The van der Waals surface area contributed by atoms with Crippen LogP contribution in [0.5, 0.6) is 0 Å². The number of benzene rings is 2. The predicted molar refractivity (Wildman–Crippen MR) is 190 cm³/mol. The number of carbonyl (C=O) groups excluding carboxylic acids is 2. The topological polar surface area (TPSA) is 71.1 Å². The molecular formula is C41H60O6. The SMILES string of the molecule is CCCCCCCCCCCCC#CC(OC(C)CCCCOC(=O)c1ccccc1)OC(C)CCCCOC(=O)c1ccccc1. The molecular weight excluding hydrogens is 588 g/mol. The van der Waals surface area contributed by atoms with Crippen molar-refractivity contribution in [1.82, 2.24) is 0 Å². The van der Waals surface area contributed by atoms with Crippen molar-refractivity contribution in [2.45, 2.75) is 148 Å². The third-order valence-electron chi connectivity index (χ3n) is 8.08. The van der Waals surface area contributed by atoms with Crippen LogP contribution in [0.25, 0.3) is 0 Å². The summed E-state index contributed by atoms with van der Waals surface area (Å²) >= 11 is 0. The highest BCUT2D eigenvalue weighted by Crippen LogP contribution is 2.15. The maximum Gasteiger partial charge on any atom is 0.338 e. The molecule has 260 valence electrons. The predicted octanol–water partition coefficient (Wildman–Crippen LogP) is 10.5. The van der Waals surface area contributed by atoms with Crippen LogP contribution in [-0.2, 0) is 18.9 Å². The first-order chi connectivity index (χ1) is 23.0. The van der Waals surface area contributed by atoms with Crippen molar-refractivity contribution < 1.29 is 28.5 Å². The van der Waals surface area contributed by atoms with E-state index in [1.54, 1.807) is 24.3 Å². The number of hydrogen-bond donors (Lipinski definition) is 0. The Balaban J connectivity index is 1.70. The van der Waals surface area contributed by atoms with Crippen molar-refractivity contribution in [3.63, 3.8) is 0 Å². The maximum absolute atomic E-state index is 12.1. The second-order valence-electron chi connectivity index (χ2n) is 12.5. The molecule has 6 heteroatoms. The van der Waals surface area contributed by atoms with Gasteiger partial charge in [-0.1, -0.05) is 107 Å². The maximum atomic E-state index is 12.1. The summed E-state index contributed by atoms with van der Waals surface area (Å²) in [5.74, 6) is 5.99. The molecule has 6 nitrogen and oxygen atoms in total. The first kappa shape index (κ1) is 40.0. The van der Waals surface area contributed by atoms with Crippen molar-refractivity contribution in [2.75, 3.05) is 13.2 Å². The number of esters is 2. The number of hydrogen-bond acceptors (Lipinski definition) is 6. The van der Waals surface area contributed by atoms with Crippen LogP contribution in [0.15, 0.2) is 60.7 Å². The molecule has 2 atom stereocenters. The molecule has 0 N–H and O–H groups in total. The van der Waals surface area contributed by atoms with Gasteiger partial charge in [0.05, 0.1) is 36.5 Å². The lowest BCUT2D eigenvalue weighted by Gasteiger charge is -2.22. The average molecular weight is 649 g/mol. The summed E-state index contributed by atoms with van der Waals surface area (Å²) in [6.07, 6.45) is 18.2. The summed E-state index contributed by atoms with van der Waals surface area (Å²) in [6, 6.07) is 18.1. The Kier molecular flexibility index (Phi) is 22.9. The molecule has 2 rings (SSSR count). The normalized spacial score (nSPS) is 12.8. The van der Waals surface area contributed by atoms with Gasteiger partial charge in [-0.05, 0) is 89.0 Å². The van der Waals surface area contributed by atoms with Crippen LogP contribution in [0.4, 0.5) is 0 Å². The lowest BCUT2D eigenvalue weighted by atomic mass is 10.1. The number of unbranched alkanes of at least 4 members (excludes halogenated alkanes) is 12. The largest absolute Gasteiger partial charge is 0.462 e. The molecule has 0 amide bonds. The zero-order valence-electron chi connectivity index (χ0n) is 29.4. The smallest absolute Gasteiger partial charge is 0.338 e. The van der Waals surface area contributed by atoms with E-state index in [4.69, 9.17) is 18.9 Å². The Hall–Kier alpha value is -3.14. The minimum absolute atomic E-state index is 0.0407. The summed E-state index contributed by atoms with van der Waals surface area (Å²) in [7, 11) is 0. The van der Waals surface area contributed by atoms with Gasteiger partial charge in [0.1, 0.15) is 0 Å². The van der Waals surface area contributed by atoms with E-state index in [0.29, 0.717) is 24.3 Å². The molecule has 2 unspecified atom stereocenters. The Morgan fingerprint density at radius 3 is 1.45 bits per heavy atom. The molecule has 0 aliphatic heterocycles. The molecule has 0 aromatic heterocycles. The van der Waals surface area contributed by atoms with Gasteiger partial charge in [-0.15, -0.1) is 0 Å². The number of ether oxygens (including phenoxy) is 4. The standard InChI is InChI=1S/C41H60O6/c1-4-5-6-7-8-9-10-11-12-13-14-21-32-39(46-35(2)26-22-24-33-44-40(42)37-28-17-15-18-29-37)47-36(3)27-23-25-34-45-41(43)38-30-19-16-20-31-38/h15-20,28-31,35-36,39H,4-14,22-27,33-34H2,1-3H3. The fourth-order valence-electron chi connectivity index (χ4n) is 5.23. The number of carbonyl (C=O) groups is 2.